The highest BCUT2D eigenvalue weighted by molar-refractivity contribution is 5.93. The smallest absolute Gasteiger partial charge is 0.227 e. The van der Waals surface area contributed by atoms with Gasteiger partial charge in [0.25, 0.3) is 0 Å². The van der Waals surface area contributed by atoms with E-state index in [0.29, 0.717) is 12.8 Å². The van der Waals surface area contributed by atoms with E-state index in [1.54, 1.807) is 24.6 Å². The highest BCUT2D eigenvalue weighted by Gasteiger charge is 2.09. The quantitative estimate of drug-likeness (QED) is 0.811. The number of hydrogen-bond donors (Lipinski definition) is 0. The molecule has 0 radical (unpaired) electrons. The third-order valence-corrected chi connectivity index (χ3v) is 2.88. The Labute approximate surface area is 100 Å². The standard InChI is InChI=1S/C14H15NO2/c1-10(16)6-7-12-4-3-5-13-8-9-15(11(2)17)14(12)13/h3-5,8-9H,6-7H2,1-2H3. The van der Waals surface area contributed by atoms with Crippen molar-refractivity contribution in [1.82, 2.24) is 4.57 Å². The monoisotopic (exact) mass is 229 g/mol. The molecule has 0 bridgehead atoms. The summed E-state index contributed by atoms with van der Waals surface area (Å²) >= 11 is 0. The Kier molecular flexibility index (Phi) is 3.09. The number of Topliss-reactive ketones (excluding diaryl/α,β-unsaturated/α-hetero) is 1. The van der Waals surface area contributed by atoms with Crippen molar-refractivity contribution in [1.29, 1.82) is 0 Å². The number of hydrogen-bond acceptors (Lipinski definition) is 2. The predicted octanol–water partition coefficient (Wildman–Crippen LogP) is 2.82. The number of aryl methyl sites for hydroxylation is 1. The summed E-state index contributed by atoms with van der Waals surface area (Å²) in [4.78, 5) is 22.5. The number of carbonyl (C=O) groups excluding carboxylic acids is 2. The molecule has 17 heavy (non-hydrogen) atoms. The van der Waals surface area contributed by atoms with Gasteiger partial charge in [0.15, 0.2) is 0 Å². The summed E-state index contributed by atoms with van der Waals surface area (Å²) in [5.74, 6) is 0.165. The van der Waals surface area contributed by atoms with Gasteiger partial charge in [0.05, 0.1) is 5.52 Å². The summed E-state index contributed by atoms with van der Waals surface area (Å²) in [7, 11) is 0. The first-order valence-electron chi connectivity index (χ1n) is 5.69. The summed E-state index contributed by atoms with van der Waals surface area (Å²) in [6.07, 6.45) is 2.98. The van der Waals surface area contributed by atoms with Crippen LogP contribution < -0.4 is 0 Å². The molecule has 1 heterocycles. The van der Waals surface area contributed by atoms with E-state index in [1.807, 2.05) is 24.3 Å². The van der Waals surface area contributed by atoms with Crippen LogP contribution in [0.3, 0.4) is 0 Å². The molecule has 0 atom stereocenters. The first kappa shape index (κ1) is 11.6. The average Bonchev–Trinajstić information content (AvgIpc) is 2.70. The third-order valence-electron chi connectivity index (χ3n) is 2.88. The number of rotatable bonds is 3. The molecule has 0 aliphatic carbocycles. The normalized spacial score (nSPS) is 10.7. The molecule has 0 aliphatic heterocycles. The van der Waals surface area contributed by atoms with E-state index in [1.165, 1.54) is 0 Å². The molecular weight excluding hydrogens is 214 g/mol. The van der Waals surface area contributed by atoms with Crippen LogP contribution in [-0.2, 0) is 11.2 Å². The number of aromatic nitrogens is 1. The molecule has 0 amide bonds. The Bertz CT molecular complexity index is 581. The molecule has 3 heteroatoms. The van der Waals surface area contributed by atoms with Gasteiger partial charge in [0.1, 0.15) is 5.78 Å². The van der Waals surface area contributed by atoms with Crippen molar-refractivity contribution in [2.24, 2.45) is 0 Å². The zero-order chi connectivity index (χ0) is 12.4. The molecule has 88 valence electrons. The van der Waals surface area contributed by atoms with Crippen LogP contribution in [0.5, 0.6) is 0 Å². The second kappa shape index (κ2) is 4.53. The van der Waals surface area contributed by atoms with Crippen LogP contribution in [0, 0.1) is 0 Å². The van der Waals surface area contributed by atoms with Crippen molar-refractivity contribution < 1.29 is 9.59 Å². The van der Waals surface area contributed by atoms with Gasteiger partial charge in [0.2, 0.25) is 5.91 Å². The minimum Gasteiger partial charge on any atom is -0.300 e. The average molecular weight is 229 g/mol. The van der Waals surface area contributed by atoms with E-state index in [-0.39, 0.29) is 11.7 Å². The fourth-order valence-electron chi connectivity index (χ4n) is 2.04. The summed E-state index contributed by atoms with van der Waals surface area (Å²) in [6.45, 7) is 3.13. The molecule has 0 unspecified atom stereocenters. The molecule has 1 aromatic carbocycles. The first-order chi connectivity index (χ1) is 8.09. The number of carbonyl (C=O) groups is 2. The van der Waals surface area contributed by atoms with Crippen molar-refractivity contribution in [3.8, 4) is 0 Å². The highest BCUT2D eigenvalue weighted by Crippen LogP contribution is 2.21. The fraction of sp³-hybridized carbons (Fsp3) is 0.286. The number of nitrogens with zero attached hydrogens (tertiary/aromatic N) is 1. The van der Waals surface area contributed by atoms with E-state index >= 15 is 0 Å². The minimum absolute atomic E-state index is 0.00437. The van der Waals surface area contributed by atoms with Gasteiger partial charge < -0.3 is 4.79 Å². The molecule has 2 rings (SSSR count). The Hall–Kier alpha value is -1.90. The predicted molar refractivity (Wildman–Crippen MR) is 67.2 cm³/mol. The van der Waals surface area contributed by atoms with Gasteiger partial charge >= 0.3 is 0 Å². The Morgan fingerprint density at radius 2 is 1.94 bits per heavy atom. The Morgan fingerprint density at radius 3 is 2.59 bits per heavy atom. The van der Waals surface area contributed by atoms with Gasteiger partial charge in [-0.25, -0.2) is 0 Å². The van der Waals surface area contributed by atoms with Crippen molar-refractivity contribution in [2.45, 2.75) is 26.7 Å². The van der Waals surface area contributed by atoms with E-state index in [2.05, 4.69) is 0 Å². The zero-order valence-corrected chi connectivity index (χ0v) is 10.1. The third kappa shape index (κ3) is 2.28. The van der Waals surface area contributed by atoms with Gasteiger partial charge in [-0.3, -0.25) is 9.36 Å². The Morgan fingerprint density at radius 1 is 1.18 bits per heavy atom. The summed E-state index contributed by atoms with van der Waals surface area (Å²) in [5.41, 5.74) is 1.99. The van der Waals surface area contributed by atoms with Crippen LogP contribution in [0.4, 0.5) is 0 Å². The Balaban J connectivity index is 2.50. The largest absolute Gasteiger partial charge is 0.300 e. The van der Waals surface area contributed by atoms with Crippen LogP contribution >= 0.6 is 0 Å². The van der Waals surface area contributed by atoms with Gasteiger partial charge in [-0.2, -0.15) is 0 Å². The van der Waals surface area contributed by atoms with Gasteiger partial charge in [-0.15, -0.1) is 0 Å². The second-order valence-electron chi connectivity index (χ2n) is 4.26. The molecule has 0 fully saturated rings. The summed E-state index contributed by atoms with van der Waals surface area (Å²) in [5, 5.41) is 1.04. The first-order valence-corrected chi connectivity index (χ1v) is 5.69. The molecule has 3 nitrogen and oxygen atoms in total. The zero-order valence-electron chi connectivity index (χ0n) is 10.1. The van der Waals surface area contributed by atoms with Crippen molar-refractivity contribution >= 4 is 22.6 Å². The maximum absolute atomic E-state index is 11.5. The number of fused-ring (bicyclic) bond motifs is 1. The van der Waals surface area contributed by atoms with Crippen LogP contribution in [0.15, 0.2) is 30.5 Å². The molecule has 0 aliphatic rings. The lowest BCUT2D eigenvalue weighted by Crippen LogP contribution is -2.05. The van der Waals surface area contributed by atoms with E-state index in [9.17, 15) is 9.59 Å². The maximum Gasteiger partial charge on any atom is 0.227 e. The van der Waals surface area contributed by atoms with Crippen LogP contribution in [-0.4, -0.2) is 16.3 Å². The molecule has 0 saturated heterocycles. The highest BCUT2D eigenvalue weighted by atomic mass is 16.1. The van der Waals surface area contributed by atoms with Gasteiger partial charge in [-0.1, -0.05) is 18.2 Å². The molecule has 0 saturated carbocycles. The van der Waals surface area contributed by atoms with Crippen LogP contribution in [0.2, 0.25) is 0 Å². The van der Waals surface area contributed by atoms with Crippen molar-refractivity contribution in [3.05, 3.63) is 36.0 Å². The summed E-state index contributed by atoms with van der Waals surface area (Å²) < 4.78 is 1.64. The van der Waals surface area contributed by atoms with Gasteiger partial charge in [-0.05, 0) is 25.0 Å². The maximum atomic E-state index is 11.5. The fourth-order valence-corrected chi connectivity index (χ4v) is 2.04. The van der Waals surface area contributed by atoms with Gasteiger partial charge in [0, 0.05) is 24.9 Å². The molecule has 0 spiro atoms. The van der Waals surface area contributed by atoms with Crippen LogP contribution in [0.25, 0.3) is 10.9 Å². The van der Waals surface area contributed by atoms with Crippen molar-refractivity contribution in [3.63, 3.8) is 0 Å². The van der Waals surface area contributed by atoms with E-state index in [0.717, 1.165) is 16.5 Å². The van der Waals surface area contributed by atoms with E-state index < -0.39 is 0 Å². The number of benzene rings is 1. The number of para-hydroxylation sites is 1. The van der Waals surface area contributed by atoms with Crippen molar-refractivity contribution in [2.75, 3.05) is 0 Å². The molecule has 1 aromatic heterocycles. The lowest BCUT2D eigenvalue weighted by molar-refractivity contribution is -0.116. The molecule has 0 N–H and O–H groups in total. The SMILES string of the molecule is CC(=O)CCc1cccc2ccn(C(C)=O)c12. The van der Waals surface area contributed by atoms with Crippen LogP contribution in [0.1, 0.15) is 30.6 Å². The molecular formula is C14H15NO2. The minimum atomic E-state index is -0.00437. The summed E-state index contributed by atoms with van der Waals surface area (Å²) in [6, 6.07) is 7.84. The van der Waals surface area contributed by atoms with E-state index in [4.69, 9.17) is 0 Å². The second-order valence-corrected chi connectivity index (χ2v) is 4.26. The lowest BCUT2D eigenvalue weighted by Gasteiger charge is -2.06. The molecule has 2 aromatic rings. The lowest BCUT2D eigenvalue weighted by atomic mass is 10.1. The number of ketones is 1. The topological polar surface area (TPSA) is 39.1 Å².